The Kier molecular flexibility index (Phi) is 6.09. The first-order valence-corrected chi connectivity index (χ1v) is 10.5. The van der Waals surface area contributed by atoms with Gasteiger partial charge in [0.1, 0.15) is 12.1 Å². The summed E-state index contributed by atoms with van der Waals surface area (Å²) in [6, 6.07) is 3.76. The number of nitrogens with zero attached hydrogens (tertiary/aromatic N) is 5. The van der Waals surface area contributed by atoms with Crippen molar-refractivity contribution in [1.82, 2.24) is 30.2 Å². The highest BCUT2D eigenvalue weighted by atomic mass is 32.2. The van der Waals surface area contributed by atoms with Crippen molar-refractivity contribution < 1.29 is 13.5 Å². The minimum absolute atomic E-state index is 0.383. The Labute approximate surface area is 170 Å². The fraction of sp³-hybridized carbons (Fsp3) is 0.444. The summed E-state index contributed by atoms with van der Waals surface area (Å²) >= 11 is -2.30. The molecule has 0 amide bonds. The van der Waals surface area contributed by atoms with E-state index in [1.54, 1.807) is 19.6 Å². The van der Waals surface area contributed by atoms with E-state index in [4.69, 9.17) is 4.74 Å². The monoisotopic (exact) mass is 416 g/mol. The summed E-state index contributed by atoms with van der Waals surface area (Å²) in [5.74, 6) is 1.77. The number of pyridine rings is 2. The average Bonchev–Trinajstić information content (AvgIpc) is 2.98. The van der Waals surface area contributed by atoms with Gasteiger partial charge in [-0.2, -0.15) is 9.82 Å². The Morgan fingerprint density at radius 1 is 1.28 bits per heavy atom. The number of hydrogen-bond acceptors (Lipinski definition) is 9. The molecule has 1 saturated heterocycles. The fourth-order valence-corrected chi connectivity index (χ4v) is 3.97. The maximum atomic E-state index is 10.6. The third-order valence-electron chi connectivity index (χ3n) is 5.19. The normalized spacial score (nSPS) is 18.7. The van der Waals surface area contributed by atoms with Crippen LogP contribution < -0.4 is 19.9 Å². The average molecular weight is 416 g/mol. The van der Waals surface area contributed by atoms with E-state index in [2.05, 4.69) is 35.1 Å². The second kappa shape index (κ2) is 8.91. The van der Waals surface area contributed by atoms with Crippen LogP contribution >= 0.6 is 0 Å². The number of hydrazine groups is 1. The highest BCUT2D eigenvalue weighted by molar-refractivity contribution is 7.76. The van der Waals surface area contributed by atoms with E-state index in [0.29, 0.717) is 24.0 Å². The molecule has 154 valence electrons. The summed E-state index contributed by atoms with van der Waals surface area (Å²) < 4.78 is 26.4. The number of fused-ring (bicyclic) bond motifs is 3. The number of anilines is 1. The summed E-state index contributed by atoms with van der Waals surface area (Å²) in [7, 11) is 1.58. The first kappa shape index (κ1) is 19.8. The zero-order valence-electron chi connectivity index (χ0n) is 16.0. The van der Waals surface area contributed by atoms with Gasteiger partial charge in [0.25, 0.3) is 0 Å². The van der Waals surface area contributed by atoms with Gasteiger partial charge in [-0.1, -0.05) is 0 Å². The lowest BCUT2D eigenvalue weighted by Crippen LogP contribution is -2.37. The van der Waals surface area contributed by atoms with E-state index >= 15 is 0 Å². The minimum Gasteiger partial charge on any atom is -0.759 e. The lowest BCUT2D eigenvalue weighted by molar-refractivity contribution is 0.399. The molecule has 0 aromatic carbocycles. The largest absolute Gasteiger partial charge is 0.759 e. The minimum atomic E-state index is -2.30. The summed E-state index contributed by atoms with van der Waals surface area (Å²) in [6.07, 6.45) is 6.23. The number of methoxy groups -OCH3 is 1. The van der Waals surface area contributed by atoms with Crippen molar-refractivity contribution in [3.8, 4) is 5.88 Å². The number of aromatic nitrogens is 4. The van der Waals surface area contributed by atoms with Crippen LogP contribution in [0.15, 0.2) is 24.7 Å². The van der Waals surface area contributed by atoms with Gasteiger partial charge >= 0.3 is 0 Å². The number of hydrogen-bond donors (Lipinski definition) is 2. The lowest BCUT2D eigenvalue weighted by atomic mass is 10.0. The predicted octanol–water partition coefficient (Wildman–Crippen LogP) is 1.08. The fourth-order valence-electron chi connectivity index (χ4n) is 3.77. The van der Waals surface area contributed by atoms with Crippen LogP contribution in [-0.2, 0) is 11.3 Å². The van der Waals surface area contributed by atoms with Crippen molar-refractivity contribution in [3.05, 3.63) is 24.7 Å². The van der Waals surface area contributed by atoms with Crippen molar-refractivity contribution in [1.29, 1.82) is 0 Å². The lowest BCUT2D eigenvalue weighted by Gasteiger charge is -2.23. The summed E-state index contributed by atoms with van der Waals surface area (Å²) in [6.45, 7) is 2.30. The highest BCUT2D eigenvalue weighted by Gasteiger charge is 2.21. The third-order valence-corrected chi connectivity index (χ3v) is 5.50. The van der Waals surface area contributed by atoms with Crippen molar-refractivity contribution >= 4 is 39.0 Å². The molecular formula is C18H22N7O3S-. The number of ether oxygens (including phenoxy) is 1. The molecule has 1 aliphatic heterocycles. The molecular weight excluding hydrogens is 394 g/mol. The van der Waals surface area contributed by atoms with Crippen LogP contribution in [0, 0.1) is 5.92 Å². The topological polar surface area (TPSA) is 128 Å². The molecule has 2 atom stereocenters. The quantitative estimate of drug-likeness (QED) is 0.344. The number of nitrogens with one attached hydrogen (secondary N) is 2. The van der Waals surface area contributed by atoms with Crippen LogP contribution in [0.25, 0.3) is 21.9 Å². The van der Waals surface area contributed by atoms with Crippen LogP contribution in [-0.4, -0.2) is 55.4 Å². The Morgan fingerprint density at radius 2 is 2.17 bits per heavy atom. The molecule has 2 unspecified atom stereocenters. The summed E-state index contributed by atoms with van der Waals surface area (Å²) in [5, 5.41) is 1.83. The van der Waals surface area contributed by atoms with Gasteiger partial charge in [-0.15, -0.1) is 0 Å². The van der Waals surface area contributed by atoms with Crippen molar-refractivity contribution in [2.24, 2.45) is 5.92 Å². The molecule has 0 radical (unpaired) electrons. The molecule has 3 aromatic heterocycles. The molecule has 3 aromatic rings. The van der Waals surface area contributed by atoms with Gasteiger partial charge in [0.2, 0.25) is 5.88 Å². The molecule has 0 saturated carbocycles. The number of rotatable bonds is 6. The Bertz CT molecular complexity index is 1030. The van der Waals surface area contributed by atoms with Gasteiger partial charge in [-0.3, -0.25) is 4.21 Å². The molecule has 0 spiro atoms. The van der Waals surface area contributed by atoms with Crippen LogP contribution in [0.2, 0.25) is 0 Å². The van der Waals surface area contributed by atoms with Gasteiger partial charge in [0.05, 0.1) is 24.2 Å². The standard InChI is InChI=1S/C18H23N7O3S/c1-28-15-5-4-13-16-14(10-19-17(13)23-15)20-11-21-18(16)25-7-2-3-12(6-8-25)9-22-24-29(26)27/h4-5,10-12,22,24H,2-3,6-9H2,1H3,(H,26,27)/p-1. The summed E-state index contributed by atoms with van der Waals surface area (Å²) in [4.78, 5) is 22.3. The highest BCUT2D eigenvalue weighted by Crippen LogP contribution is 2.31. The molecule has 10 nitrogen and oxygen atoms in total. The maximum absolute atomic E-state index is 10.6. The Balaban J connectivity index is 1.61. The van der Waals surface area contributed by atoms with Crippen LogP contribution in [0.3, 0.4) is 0 Å². The van der Waals surface area contributed by atoms with Crippen LogP contribution in [0.4, 0.5) is 5.82 Å². The van der Waals surface area contributed by atoms with Gasteiger partial charge in [-0.05, 0) is 31.2 Å². The van der Waals surface area contributed by atoms with E-state index in [9.17, 15) is 8.76 Å². The summed E-state index contributed by atoms with van der Waals surface area (Å²) in [5.41, 5.74) is 4.14. The zero-order valence-corrected chi connectivity index (χ0v) is 16.8. The SMILES string of the molecule is COc1ccc2c(ncc3ncnc(N4CCCC(CNNS(=O)[O-])CC4)c32)n1. The molecule has 0 aliphatic carbocycles. The van der Waals surface area contributed by atoms with E-state index in [1.807, 2.05) is 12.1 Å². The van der Waals surface area contributed by atoms with Crippen LogP contribution in [0.5, 0.6) is 5.88 Å². The van der Waals surface area contributed by atoms with Crippen molar-refractivity contribution in [3.63, 3.8) is 0 Å². The van der Waals surface area contributed by atoms with Gasteiger partial charge in [0, 0.05) is 42.4 Å². The third kappa shape index (κ3) is 4.42. The van der Waals surface area contributed by atoms with Gasteiger partial charge in [0.15, 0.2) is 5.65 Å². The van der Waals surface area contributed by atoms with Gasteiger partial charge in [-0.25, -0.2) is 20.4 Å². The Hall–Kier alpha value is -2.47. The van der Waals surface area contributed by atoms with E-state index in [1.165, 1.54) is 0 Å². The van der Waals surface area contributed by atoms with E-state index in [-0.39, 0.29) is 0 Å². The molecule has 11 heteroatoms. The van der Waals surface area contributed by atoms with Gasteiger partial charge < -0.3 is 14.2 Å². The molecule has 4 rings (SSSR count). The second-order valence-corrected chi connectivity index (χ2v) is 7.62. The van der Waals surface area contributed by atoms with E-state index in [0.717, 1.165) is 54.5 Å². The molecule has 2 N–H and O–H groups in total. The van der Waals surface area contributed by atoms with E-state index < -0.39 is 11.3 Å². The molecule has 1 fully saturated rings. The zero-order chi connectivity index (χ0) is 20.2. The molecule has 0 bridgehead atoms. The molecule has 4 heterocycles. The molecule has 1 aliphatic rings. The van der Waals surface area contributed by atoms with Crippen molar-refractivity contribution in [2.75, 3.05) is 31.6 Å². The Morgan fingerprint density at radius 3 is 3.00 bits per heavy atom. The first-order chi connectivity index (χ1) is 14.2. The predicted molar refractivity (Wildman–Crippen MR) is 109 cm³/mol. The molecule has 29 heavy (non-hydrogen) atoms. The maximum Gasteiger partial charge on any atom is 0.215 e. The first-order valence-electron chi connectivity index (χ1n) is 9.43. The van der Waals surface area contributed by atoms with Crippen LogP contribution in [0.1, 0.15) is 19.3 Å². The second-order valence-electron chi connectivity index (χ2n) is 6.94. The van der Waals surface area contributed by atoms with Crippen molar-refractivity contribution in [2.45, 2.75) is 19.3 Å². The smallest absolute Gasteiger partial charge is 0.215 e.